The van der Waals surface area contributed by atoms with Crippen molar-refractivity contribution in [2.24, 2.45) is 5.73 Å². The number of carbonyl (C=O) groups is 1. The van der Waals surface area contributed by atoms with Crippen LogP contribution in [0.4, 0.5) is 11.4 Å². The Morgan fingerprint density at radius 3 is 2.78 bits per heavy atom. The van der Waals surface area contributed by atoms with E-state index in [0.29, 0.717) is 11.7 Å². The second kappa shape index (κ2) is 7.68. The Kier molecular flexibility index (Phi) is 5.39. The summed E-state index contributed by atoms with van der Waals surface area (Å²) in [4.78, 5) is 14.2. The van der Waals surface area contributed by atoms with Crippen molar-refractivity contribution in [1.29, 1.82) is 0 Å². The van der Waals surface area contributed by atoms with E-state index in [0.717, 1.165) is 56.9 Å². The lowest BCUT2D eigenvalue weighted by Gasteiger charge is -2.29. The van der Waals surface area contributed by atoms with Crippen LogP contribution in [0.15, 0.2) is 18.2 Å². The zero-order valence-electron chi connectivity index (χ0n) is 13.7. The summed E-state index contributed by atoms with van der Waals surface area (Å²) >= 11 is 0. The third kappa shape index (κ3) is 4.16. The highest BCUT2D eigenvalue weighted by atomic mass is 16.5. The molecule has 0 unspecified atom stereocenters. The molecule has 126 valence electrons. The van der Waals surface area contributed by atoms with Gasteiger partial charge in [-0.15, -0.1) is 0 Å². The van der Waals surface area contributed by atoms with Gasteiger partial charge in [0.05, 0.1) is 11.7 Å². The van der Waals surface area contributed by atoms with Crippen molar-refractivity contribution in [2.45, 2.75) is 44.6 Å². The number of nitrogens with two attached hydrogens (primary N) is 1. The lowest BCUT2D eigenvalue weighted by Crippen LogP contribution is -2.29. The molecule has 0 radical (unpaired) electrons. The minimum absolute atomic E-state index is 0.354. The lowest BCUT2D eigenvalue weighted by molar-refractivity contribution is 0.100. The Balaban J connectivity index is 1.65. The number of nitrogens with one attached hydrogen (secondary N) is 1. The summed E-state index contributed by atoms with van der Waals surface area (Å²) in [5.41, 5.74) is 8.10. The summed E-state index contributed by atoms with van der Waals surface area (Å²) in [6.45, 7) is 3.80. The summed E-state index contributed by atoms with van der Waals surface area (Å²) < 4.78 is 5.63. The molecule has 2 saturated heterocycles. The van der Waals surface area contributed by atoms with Gasteiger partial charge in [-0.1, -0.05) is 0 Å². The number of hydrogen-bond acceptors (Lipinski definition) is 4. The zero-order valence-corrected chi connectivity index (χ0v) is 13.7. The van der Waals surface area contributed by atoms with Gasteiger partial charge in [-0.2, -0.15) is 0 Å². The molecule has 1 amide bonds. The molecule has 2 heterocycles. The molecule has 0 aliphatic carbocycles. The molecule has 5 nitrogen and oxygen atoms in total. The van der Waals surface area contributed by atoms with Crippen molar-refractivity contribution >= 4 is 17.3 Å². The highest BCUT2D eigenvalue weighted by Gasteiger charge is 2.17. The first-order chi connectivity index (χ1) is 11.2. The molecular formula is C18H27N3O2. The summed E-state index contributed by atoms with van der Waals surface area (Å²) in [7, 11) is 0. The average molecular weight is 317 g/mol. The molecule has 5 heteroatoms. The van der Waals surface area contributed by atoms with Crippen molar-refractivity contribution < 1.29 is 9.53 Å². The average Bonchev–Trinajstić information content (AvgIpc) is 3.09. The summed E-state index contributed by atoms with van der Waals surface area (Å²) in [5, 5.41) is 3.35. The molecular weight excluding hydrogens is 290 g/mol. The first-order valence-corrected chi connectivity index (χ1v) is 8.78. The van der Waals surface area contributed by atoms with Crippen molar-refractivity contribution in [3.8, 4) is 0 Å². The molecule has 0 aromatic heterocycles. The fourth-order valence-electron chi connectivity index (χ4n) is 3.48. The van der Waals surface area contributed by atoms with Gasteiger partial charge in [-0.05, 0) is 56.7 Å². The second-order valence-corrected chi connectivity index (χ2v) is 6.49. The minimum atomic E-state index is -0.372. The summed E-state index contributed by atoms with van der Waals surface area (Å²) in [5.74, 6) is -0.372. The van der Waals surface area contributed by atoms with E-state index < -0.39 is 0 Å². The smallest absolute Gasteiger partial charge is 0.250 e. The van der Waals surface area contributed by atoms with Crippen molar-refractivity contribution in [3.05, 3.63) is 23.8 Å². The monoisotopic (exact) mass is 317 g/mol. The molecule has 3 rings (SSSR count). The molecule has 2 fully saturated rings. The normalized spacial score (nSPS) is 21.4. The maximum Gasteiger partial charge on any atom is 0.250 e. The number of piperidine rings is 1. The summed E-state index contributed by atoms with van der Waals surface area (Å²) in [6.07, 6.45) is 7.33. The van der Waals surface area contributed by atoms with Gasteiger partial charge in [0.1, 0.15) is 0 Å². The van der Waals surface area contributed by atoms with Crippen molar-refractivity contribution in [1.82, 2.24) is 0 Å². The maximum absolute atomic E-state index is 11.8. The first kappa shape index (κ1) is 16.1. The third-order valence-electron chi connectivity index (χ3n) is 4.80. The van der Waals surface area contributed by atoms with Crippen LogP contribution in [0, 0.1) is 0 Å². The topological polar surface area (TPSA) is 67.6 Å². The number of carbonyl (C=O) groups excluding carboxylic acids is 1. The van der Waals surface area contributed by atoms with Gasteiger partial charge in [0, 0.05) is 37.6 Å². The van der Waals surface area contributed by atoms with Crippen LogP contribution in [0.5, 0.6) is 0 Å². The van der Waals surface area contributed by atoms with Crippen molar-refractivity contribution in [3.63, 3.8) is 0 Å². The van der Waals surface area contributed by atoms with Gasteiger partial charge in [0.2, 0.25) is 0 Å². The SMILES string of the molecule is NC(=O)c1cc(N2CCCCC2)ccc1NCC[C@@H]1CCCO1. The Hall–Kier alpha value is -1.75. The maximum atomic E-state index is 11.8. The highest BCUT2D eigenvalue weighted by molar-refractivity contribution is 5.99. The molecule has 2 aliphatic rings. The molecule has 0 saturated carbocycles. The van der Waals surface area contributed by atoms with Gasteiger partial charge in [-0.3, -0.25) is 4.79 Å². The predicted molar refractivity (Wildman–Crippen MR) is 93.1 cm³/mol. The quantitative estimate of drug-likeness (QED) is 0.846. The molecule has 3 N–H and O–H groups in total. The van der Waals surface area contributed by atoms with E-state index >= 15 is 0 Å². The van der Waals surface area contributed by atoms with Crippen molar-refractivity contribution in [2.75, 3.05) is 36.5 Å². The molecule has 23 heavy (non-hydrogen) atoms. The van der Waals surface area contributed by atoms with Crippen LogP contribution in [0.2, 0.25) is 0 Å². The molecule has 0 spiro atoms. The van der Waals surface area contributed by atoms with Crippen LogP contribution < -0.4 is 16.0 Å². The lowest BCUT2D eigenvalue weighted by atomic mass is 10.1. The van der Waals surface area contributed by atoms with Crippen LogP contribution in [0.3, 0.4) is 0 Å². The Bertz CT molecular complexity index is 535. The third-order valence-corrected chi connectivity index (χ3v) is 4.80. The number of anilines is 2. The predicted octanol–water partition coefficient (Wildman–Crippen LogP) is 2.76. The van der Waals surface area contributed by atoms with Gasteiger partial charge >= 0.3 is 0 Å². The molecule has 2 aliphatic heterocycles. The molecule has 0 bridgehead atoms. The number of primary amides is 1. The van der Waals surface area contributed by atoms with E-state index in [4.69, 9.17) is 10.5 Å². The van der Waals surface area contributed by atoms with Crippen LogP contribution in [0.25, 0.3) is 0 Å². The fraction of sp³-hybridized carbons (Fsp3) is 0.611. The second-order valence-electron chi connectivity index (χ2n) is 6.49. The Labute approximate surface area is 138 Å². The van der Waals surface area contributed by atoms with Crippen LogP contribution in [-0.2, 0) is 4.74 Å². The van der Waals surface area contributed by atoms with Gasteiger partial charge in [-0.25, -0.2) is 0 Å². The Morgan fingerprint density at radius 1 is 1.26 bits per heavy atom. The van der Waals surface area contributed by atoms with E-state index in [1.54, 1.807) is 0 Å². The number of benzene rings is 1. The molecule has 1 aromatic rings. The first-order valence-electron chi connectivity index (χ1n) is 8.78. The van der Waals surface area contributed by atoms with Crippen LogP contribution in [0.1, 0.15) is 48.9 Å². The van der Waals surface area contributed by atoms with E-state index in [1.807, 2.05) is 12.1 Å². The van der Waals surface area contributed by atoms with Crippen LogP contribution >= 0.6 is 0 Å². The highest BCUT2D eigenvalue weighted by Crippen LogP contribution is 2.26. The van der Waals surface area contributed by atoms with E-state index in [1.165, 1.54) is 19.3 Å². The molecule has 1 atom stereocenters. The minimum Gasteiger partial charge on any atom is -0.384 e. The van der Waals surface area contributed by atoms with Gasteiger partial charge < -0.3 is 20.7 Å². The number of nitrogens with zero attached hydrogens (tertiary/aromatic N) is 1. The largest absolute Gasteiger partial charge is 0.384 e. The van der Waals surface area contributed by atoms with E-state index in [-0.39, 0.29) is 5.91 Å². The van der Waals surface area contributed by atoms with E-state index in [2.05, 4.69) is 16.3 Å². The number of hydrogen-bond donors (Lipinski definition) is 2. The number of rotatable bonds is 6. The van der Waals surface area contributed by atoms with Gasteiger partial charge in [0.15, 0.2) is 0 Å². The van der Waals surface area contributed by atoms with E-state index in [9.17, 15) is 4.79 Å². The molecule has 1 aromatic carbocycles. The zero-order chi connectivity index (χ0) is 16.1. The van der Waals surface area contributed by atoms with Gasteiger partial charge in [0.25, 0.3) is 5.91 Å². The number of ether oxygens (including phenoxy) is 1. The fourth-order valence-corrected chi connectivity index (χ4v) is 3.48. The standard InChI is InChI=1S/C18H27N3O2/c19-18(22)16-13-14(21-10-2-1-3-11-21)6-7-17(16)20-9-8-15-5-4-12-23-15/h6-7,13,15,20H,1-5,8-12H2,(H2,19,22)/t15-/m0/s1. The number of amides is 1. The van der Waals surface area contributed by atoms with Crippen LogP contribution in [-0.4, -0.2) is 38.3 Å². The summed E-state index contributed by atoms with van der Waals surface area (Å²) in [6, 6.07) is 6.01. The Morgan fingerprint density at radius 2 is 2.09 bits per heavy atom.